The fourth-order valence-corrected chi connectivity index (χ4v) is 8.09. The number of hydrogen-bond acceptors (Lipinski definition) is 5. The first-order valence-electron chi connectivity index (χ1n) is 12.7. The number of aliphatic hydroxyl groups is 2. The molecule has 0 spiro atoms. The van der Waals surface area contributed by atoms with Crippen molar-refractivity contribution in [1.29, 1.82) is 0 Å². The van der Waals surface area contributed by atoms with E-state index in [1.54, 1.807) is 13.0 Å². The predicted molar refractivity (Wildman–Crippen MR) is 129 cm³/mol. The van der Waals surface area contributed by atoms with E-state index in [9.17, 15) is 19.8 Å². The summed E-state index contributed by atoms with van der Waals surface area (Å²) in [5.74, 6) is -1.77. The van der Waals surface area contributed by atoms with Gasteiger partial charge in [-0.15, -0.1) is 0 Å². The van der Waals surface area contributed by atoms with E-state index >= 15 is 4.39 Å². The van der Waals surface area contributed by atoms with Crippen molar-refractivity contribution in [3.8, 4) is 0 Å². The quantitative estimate of drug-likeness (QED) is 0.660. The maximum absolute atomic E-state index is 17.2. The summed E-state index contributed by atoms with van der Waals surface area (Å²) in [6.07, 6.45) is 4.65. The number of alkyl halides is 1. The lowest BCUT2D eigenvalue weighted by molar-refractivity contribution is -0.220. The third-order valence-electron chi connectivity index (χ3n) is 9.99. The smallest absolute Gasteiger partial charge is 0.190 e. The highest BCUT2D eigenvalue weighted by atomic mass is 19.1. The predicted octanol–water partition coefficient (Wildman–Crippen LogP) is 4.12. The summed E-state index contributed by atoms with van der Waals surface area (Å²) in [4.78, 5) is 25.5. The molecule has 35 heavy (non-hydrogen) atoms. The van der Waals surface area contributed by atoms with Crippen LogP contribution in [0.3, 0.4) is 0 Å². The van der Waals surface area contributed by atoms with Crippen LogP contribution in [0.1, 0.15) is 52.0 Å². The van der Waals surface area contributed by atoms with Crippen LogP contribution in [0.5, 0.6) is 0 Å². The van der Waals surface area contributed by atoms with Crippen molar-refractivity contribution in [1.82, 2.24) is 0 Å². The van der Waals surface area contributed by atoms with Gasteiger partial charge in [0.25, 0.3) is 0 Å². The molecular formula is C29H35FO5. The van der Waals surface area contributed by atoms with Gasteiger partial charge in [-0.2, -0.15) is 0 Å². The van der Waals surface area contributed by atoms with Gasteiger partial charge in [0.2, 0.25) is 0 Å². The Morgan fingerprint density at radius 1 is 1.20 bits per heavy atom. The lowest BCUT2D eigenvalue weighted by Gasteiger charge is -2.62. The molecule has 2 unspecified atom stereocenters. The summed E-state index contributed by atoms with van der Waals surface area (Å²) in [5.41, 5.74) is -4.10. The Balaban J connectivity index is 1.43. The first kappa shape index (κ1) is 24.5. The van der Waals surface area contributed by atoms with Crippen molar-refractivity contribution in [3.63, 3.8) is 0 Å². The summed E-state index contributed by atoms with van der Waals surface area (Å²) in [5, 5.41) is 23.4. The second-order valence-corrected chi connectivity index (χ2v) is 11.6. The first-order chi connectivity index (χ1) is 16.5. The Hall–Kier alpha value is -2.15. The molecule has 1 aromatic rings. The van der Waals surface area contributed by atoms with Crippen LogP contribution in [0.4, 0.5) is 4.39 Å². The number of fused-ring (bicyclic) bond motifs is 5. The molecule has 5 rings (SSSR count). The molecule has 0 amide bonds. The second kappa shape index (κ2) is 8.19. The normalized spacial score (nSPS) is 44.3. The molecule has 0 bridgehead atoms. The van der Waals surface area contributed by atoms with Crippen LogP contribution in [0.25, 0.3) is 0 Å². The second-order valence-electron chi connectivity index (χ2n) is 11.6. The maximum atomic E-state index is 17.2. The number of halogens is 1. The van der Waals surface area contributed by atoms with E-state index in [1.165, 1.54) is 12.2 Å². The number of benzene rings is 1. The number of allylic oxidation sites excluding steroid dienone is 4. The van der Waals surface area contributed by atoms with E-state index < -0.39 is 45.8 Å². The fraction of sp³-hybridized carbons (Fsp3) is 0.586. The van der Waals surface area contributed by atoms with Gasteiger partial charge in [0.05, 0.1) is 12.7 Å². The third kappa shape index (κ3) is 3.22. The standard InChI is InChI=1S/C29H35FO5/c1-18-13-23-22-10-9-20-14-21(31)11-12-26(20,2)28(22,30)24(32)15-27(23,3)29(18,34)25(33)17-35-16-19-7-5-4-6-8-19/h4-8,11-12,14,18,22-24,32,34H,9-10,13,15-17H2,1-3H3/t18?,22-,23-,24?,26-,27-,28-,29-/m0/s1. The molecule has 6 heteroatoms. The zero-order chi connectivity index (χ0) is 25.2. The molecule has 5 nitrogen and oxygen atoms in total. The van der Waals surface area contributed by atoms with Crippen LogP contribution >= 0.6 is 0 Å². The number of hydrogen-bond donors (Lipinski definition) is 2. The largest absolute Gasteiger partial charge is 0.390 e. The molecule has 3 saturated carbocycles. The minimum Gasteiger partial charge on any atom is -0.390 e. The van der Waals surface area contributed by atoms with Crippen LogP contribution < -0.4 is 0 Å². The summed E-state index contributed by atoms with van der Waals surface area (Å²) in [7, 11) is 0. The van der Waals surface area contributed by atoms with Crippen LogP contribution in [0.2, 0.25) is 0 Å². The molecule has 0 radical (unpaired) electrons. The Morgan fingerprint density at radius 3 is 2.63 bits per heavy atom. The molecule has 4 aliphatic carbocycles. The molecule has 0 aromatic heterocycles. The number of aliphatic hydroxyl groups excluding tert-OH is 1. The number of carbonyl (C=O) groups excluding carboxylic acids is 2. The van der Waals surface area contributed by atoms with Crippen molar-refractivity contribution in [2.24, 2.45) is 28.6 Å². The molecule has 0 saturated heterocycles. The first-order valence-corrected chi connectivity index (χ1v) is 12.7. The Kier molecular flexibility index (Phi) is 5.74. The topological polar surface area (TPSA) is 83.8 Å². The van der Waals surface area contributed by atoms with Crippen LogP contribution in [-0.4, -0.2) is 45.8 Å². The van der Waals surface area contributed by atoms with Gasteiger partial charge in [-0.05, 0) is 62.2 Å². The van der Waals surface area contributed by atoms with Gasteiger partial charge in [-0.1, -0.05) is 55.8 Å². The summed E-state index contributed by atoms with van der Waals surface area (Å²) in [6, 6.07) is 9.52. The van der Waals surface area contributed by atoms with Crippen LogP contribution in [-0.2, 0) is 20.9 Å². The molecule has 188 valence electrons. The number of ketones is 2. The van der Waals surface area contributed by atoms with Gasteiger partial charge in [0, 0.05) is 16.7 Å². The third-order valence-corrected chi connectivity index (χ3v) is 9.99. The zero-order valence-electron chi connectivity index (χ0n) is 20.7. The lowest BCUT2D eigenvalue weighted by Crippen LogP contribution is -2.69. The van der Waals surface area contributed by atoms with Crippen LogP contribution in [0.15, 0.2) is 54.1 Å². The van der Waals surface area contributed by atoms with Gasteiger partial charge in [-0.3, -0.25) is 9.59 Å². The van der Waals surface area contributed by atoms with E-state index in [-0.39, 0.29) is 31.3 Å². The Bertz CT molecular complexity index is 1100. The van der Waals surface area contributed by atoms with E-state index in [4.69, 9.17) is 4.74 Å². The molecule has 1 aromatic carbocycles. The van der Waals surface area contributed by atoms with E-state index in [1.807, 2.05) is 44.2 Å². The molecule has 4 aliphatic rings. The molecule has 8 atom stereocenters. The molecular weight excluding hydrogens is 447 g/mol. The van der Waals surface area contributed by atoms with E-state index in [2.05, 4.69) is 0 Å². The van der Waals surface area contributed by atoms with Crippen molar-refractivity contribution in [2.75, 3.05) is 6.61 Å². The summed E-state index contributed by atoms with van der Waals surface area (Å²) >= 11 is 0. The summed E-state index contributed by atoms with van der Waals surface area (Å²) < 4.78 is 22.9. The van der Waals surface area contributed by atoms with Gasteiger partial charge >= 0.3 is 0 Å². The van der Waals surface area contributed by atoms with Crippen molar-refractivity contribution in [3.05, 3.63) is 59.7 Å². The minimum atomic E-state index is -1.98. The average molecular weight is 483 g/mol. The van der Waals surface area contributed by atoms with Crippen molar-refractivity contribution >= 4 is 11.6 Å². The van der Waals surface area contributed by atoms with Crippen LogP contribution in [0, 0.1) is 28.6 Å². The van der Waals surface area contributed by atoms with Gasteiger partial charge in [-0.25, -0.2) is 4.39 Å². The van der Waals surface area contributed by atoms with Gasteiger partial charge in [0.15, 0.2) is 17.2 Å². The highest BCUT2D eigenvalue weighted by molar-refractivity contribution is 6.01. The number of Topliss-reactive ketones (excluding diaryl/α,β-unsaturated/α-hetero) is 1. The number of carbonyl (C=O) groups is 2. The van der Waals surface area contributed by atoms with Gasteiger partial charge in [0.1, 0.15) is 12.2 Å². The van der Waals surface area contributed by atoms with Crippen molar-refractivity contribution in [2.45, 2.75) is 70.4 Å². The van der Waals surface area contributed by atoms with Crippen molar-refractivity contribution < 1.29 is 28.9 Å². The van der Waals surface area contributed by atoms with E-state index in [0.717, 1.165) is 11.1 Å². The van der Waals surface area contributed by atoms with E-state index in [0.29, 0.717) is 19.3 Å². The molecule has 2 N–H and O–H groups in total. The number of rotatable bonds is 5. The lowest BCUT2D eigenvalue weighted by atomic mass is 9.44. The van der Waals surface area contributed by atoms with Gasteiger partial charge < -0.3 is 14.9 Å². The maximum Gasteiger partial charge on any atom is 0.190 e. The highest BCUT2D eigenvalue weighted by Gasteiger charge is 2.75. The Morgan fingerprint density at radius 2 is 1.91 bits per heavy atom. The molecule has 0 heterocycles. The monoisotopic (exact) mass is 482 g/mol. The average Bonchev–Trinajstić information content (AvgIpc) is 3.02. The molecule has 0 aliphatic heterocycles. The Labute approximate surface area is 206 Å². The zero-order valence-corrected chi connectivity index (χ0v) is 20.7. The minimum absolute atomic E-state index is 0.0272. The summed E-state index contributed by atoms with van der Waals surface area (Å²) in [6.45, 7) is 5.48. The fourth-order valence-electron chi connectivity index (χ4n) is 8.09. The number of ether oxygens (including phenoxy) is 1. The molecule has 3 fully saturated rings. The SMILES string of the molecule is CC1C[C@H]2[C@@H]3CCC4=CC(=O)C=C[C@]4(C)[C@@]3(F)C(O)C[C@]2(C)[C@@]1(O)C(=O)COCc1ccccc1. The highest BCUT2D eigenvalue weighted by Crippen LogP contribution is 2.70.